The number of urea groups is 1. The van der Waals surface area contributed by atoms with Crippen molar-refractivity contribution < 1.29 is 24.3 Å². The van der Waals surface area contributed by atoms with E-state index in [9.17, 15) is 19.2 Å². The van der Waals surface area contributed by atoms with Crippen molar-refractivity contribution >= 4 is 23.8 Å². The SMILES string of the molecule is CCN1C(=O)NC(=O)C(CCC(=O)O)C1=O. The highest BCUT2D eigenvalue weighted by Crippen LogP contribution is 2.15. The number of carbonyl (C=O) groups excluding carboxylic acids is 3. The van der Waals surface area contributed by atoms with Gasteiger partial charge in [0, 0.05) is 13.0 Å². The molecule has 1 aliphatic heterocycles. The Morgan fingerprint density at radius 3 is 2.56 bits per heavy atom. The molecule has 0 radical (unpaired) electrons. The Kier molecular flexibility index (Phi) is 3.60. The minimum Gasteiger partial charge on any atom is -0.481 e. The van der Waals surface area contributed by atoms with Crippen molar-refractivity contribution in [3.63, 3.8) is 0 Å². The molecule has 1 unspecified atom stereocenters. The maximum absolute atomic E-state index is 11.6. The van der Waals surface area contributed by atoms with Crippen LogP contribution < -0.4 is 5.32 Å². The van der Waals surface area contributed by atoms with Crippen LogP contribution >= 0.6 is 0 Å². The molecule has 4 amide bonds. The van der Waals surface area contributed by atoms with Crippen molar-refractivity contribution in [3.05, 3.63) is 0 Å². The molecule has 1 aliphatic rings. The minimum atomic E-state index is -1.08. The molecular formula is C9H12N2O5. The quantitative estimate of drug-likeness (QED) is 0.635. The van der Waals surface area contributed by atoms with E-state index in [2.05, 4.69) is 0 Å². The van der Waals surface area contributed by atoms with E-state index < -0.39 is 29.7 Å². The van der Waals surface area contributed by atoms with E-state index in [1.165, 1.54) is 0 Å². The number of carboxylic acids is 1. The zero-order valence-electron chi connectivity index (χ0n) is 8.73. The summed E-state index contributed by atoms with van der Waals surface area (Å²) in [7, 11) is 0. The van der Waals surface area contributed by atoms with Gasteiger partial charge in [-0.05, 0) is 13.3 Å². The predicted molar refractivity (Wildman–Crippen MR) is 51.3 cm³/mol. The van der Waals surface area contributed by atoms with Gasteiger partial charge in [0.1, 0.15) is 5.92 Å². The molecule has 0 aromatic heterocycles. The van der Waals surface area contributed by atoms with Gasteiger partial charge < -0.3 is 5.11 Å². The third-order valence-electron chi connectivity index (χ3n) is 2.32. The highest BCUT2D eigenvalue weighted by atomic mass is 16.4. The number of imide groups is 2. The van der Waals surface area contributed by atoms with Crippen molar-refractivity contribution in [2.75, 3.05) is 6.54 Å². The molecule has 16 heavy (non-hydrogen) atoms. The fourth-order valence-corrected chi connectivity index (χ4v) is 1.48. The summed E-state index contributed by atoms with van der Waals surface area (Å²) in [6.07, 6.45) is -0.376. The lowest BCUT2D eigenvalue weighted by Crippen LogP contribution is -2.57. The standard InChI is InChI=1S/C9H12N2O5/c1-2-11-8(15)5(3-4-6(12)13)7(14)10-9(11)16/h5H,2-4H2,1H3,(H,12,13)(H,10,14,16). The van der Waals surface area contributed by atoms with Gasteiger partial charge in [-0.15, -0.1) is 0 Å². The summed E-state index contributed by atoms with van der Waals surface area (Å²) in [5, 5.41) is 10.5. The summed E-state index contributed by atoms with van der Waals surface area (Å²) in [6.45, 7) is 1.75. The van der Waals surface area contributed by atoms with Crippen molar-refractivity contribution in [1.29, 1.82) is 0 Å². The van der Waals surface area contributed by atoms with E-state index in [-0.39, 0.29) is 19.4 Å². The second kappa shape index (κ2) is 4.73. The van der Waals surface area contributed by atoms with E-state index in [0.717, 1.165) is 4.90 Å². The van der Waals surface area contributed by atoms with Crippen LogP contribution in [-0.4, -0.2) is 40.4 Å². The fourth-order valence-electron chi connectivity index (χ4n) is 1.48. The second-order valence-electron chi connectivity index (χ2n) is 3.36. The third kappa shape index (κ3) is 2.36. The van der Waals surface area contributed by atoms with Gasteiger partial charge in [0.25, 0.3) is 0 Å². The molecule has 1 rings (SSSR count). The van der Waals surface area contributed by atoms with Crippen LogP contribution in [0.2, 0.25) is 0 Å². The third-order valence-corrected chi connectivity index (χ3v) is 2.32. The Bertz CT molecular complexity index is 352. The van der Waals surface area contributed by atoms with Crippen molar-refractivity contribution in [1.82, 2.24) is 10.2 Å². The number of nitrogens with zero attached hydrogens (tertiary/aromatic N) is 1. The lowest BCUT2D eigenvalue weighted by molar-refractivity contribution is -0.143. The predicted octanol–water partition coefficient (Wildman–Crippen LogP) is -0.434. The van der Waals surface area contributed by atoms with E-state index in [4.69, 9.17) is 5.11 Å². The summed E-state index contributed by atoms with van der Waals surface area (Å²) >= 11 is 0. The number of amides is 4. The van der Waals surface area contributed by atoms with Gasteiger partial charge in [-0.3, -0.25) is 24.6 Å². The van der Waals surface area contributed by atoms with Gasteiger partial charge in [0.15, 0.2) is 0 Å². The van der Waals surface area contributed by atoms with Crippen molar-refractivity contribution in [3.8, 4) is 0 Å². The Labute approximate surface area is 91.4 Å². The van der Waals surface area contributed by atoms with Gasteiger partial charge in [0.05, 0.1) is 0 Å². The van der Waals surface area contributed by atoms with Gasteiger partial charge in [-0.1, -0.05) is 0 Å². The number of hydrogen-bond acceptors (Lipinski definition) is 4. The summed E-state index contributed by atoms with van der Waals surface area (Å²) in [5.41, 5.74) is 0. The molecule has 2 N–H and O–H groups in total. The maximum atomic E-state index is 11.6. The number of barbiturate groups is 1. The normalized spacial score (nSPS) is 20.9. The van der Waals surface area contributed by atoms with Gasteiger partial charge in [-0.2, -0.15) is 0 Å². The highest BCUT2D eigenvalue weighted by Gasteiger charge is 2.39. The van der Waals surface area contributed by atoms with Gasteiger partial charge >= 0.3 is 12.0 Å². The van der Waals surface area contributed by atoms with Crippen LogP contribution in [0.15, 0.2) is 0 Å². The van der Waals surface area contributed by atoms with E-state index in [0.29, 0.717) is 0 Å². The molecule has 1 saturated heterocycles. The van der Waals surface area contributed by atoms with Crippen LogP contribution in [0.5, 0.6) is 0 Å². The Morgan fingerprint density at radius 2 is 2.06 bits per heavy atom. The number of aliphatic carboxylic acids is 1. The first-order valence-electron chi connectivity index (χ1n) is 4.85. The van der Waals surface area contributed by atoms with Crippen LogP contribution in [0, 0.1) is 5.92 Å². The molecule has 0 bridgehead atoms. The van der Waals surface area contributed by atoms with Crippen LogP contribution in [0.4, 0.5) is 4.79 Å². The molecule has 0 aliphatic carbocycles. The van der Waals surface area contributed by atoms with E-state index in [1.54, 1.807) is 6.92 Å². The summed E-state index contributed by atoms with van der Waals surface area (Å²) < 4.78 is 0. The van der Waals surface area contributed by atoms with Crippen molar-refractivity contribution in [2.24, 2.45) is 5.92 Å². The summed E-state index contributed by atoms with van der Waals surface area (Å²) in [5.74, 6) is -3.51. The van der Waals surface area contributed by atoms with Gasteiger partial charge in [-0.25, -0.2) is 4.79 Å². The zero-order valence-corrected chi connectivity index (χ0v) is 8.73. The summed E-state index contributed by atoms with van der Waals surface area (Å²) in [4.78, 5) is 45.4. The molecule has 1 atom stereocenters. The molecule has 0 spiro atoms. The number of hydrogen-bond donors (Lipinski definition) is 2. The lowest BCUT2D eigenvalue weighted by atomic mass is 9.99. The number of carboxylic acid groups (broad SMARTS) is 1. The van der Waals surface area contributed by atoms with Crippen molar-refractivity contribution in [2.45, 2.75) is 19.8 Å². The molecule has 88 valence electrons. The second-order valence-corrected chi connectivity index (χ2v) is 3.36. The van der Waals surface area contributed by atoms with Crippen LogP contribution in [0.1, 0.15) is 19.8 Å². The molecule has 7 heteroatoms. The van der Waals surface area contributed by atoms with Crippen LogP contribution in [0.25, 0.3) is 0 Å². The Morgan fingerprint density at radius 1 is 1.44 bits per heavy atom. The summed E-state index contributed by atoms with van der Waals surface area (Å²) in [6, 6.07) is -0.746. The molecule has 0 aromatic carbocycles. The number of rotatable bonds is 4. The Balaban J connectivity index is 2.75. The molecule has 1 fully saturated rings. The largest absolute Gasteiger partial charge is 0.481 e. The fraction of sp³-hybridized carbons (Fsp3) is 0.556. The first kappa shape index (κ1) is 12.2. The maximum Gasteiger partial charge on any atom is 0.330 e. The first-order chi connectivity index (χ1) is 7.47. The monoisotopic (exact) mass is 228 g/mol. The van der Waals surface area contributed by atoms with E-state index >= 15 is 0 Å². The lowest BCUT2D eigenvalue weighted by Gasteiger charge is -2.28. The zero-order chi connectivity index (χ0) is 12.3. The topological polar surface area (TPSA) is 104 Å². The smallest absolute Gasteiger partial charge is 0.330 e. The highest BCUT2D eigenvalue weighted by molar-refractivity contribution is 6.16. The Hall–Kier alpha value is -1.92. The van der Waals surface area contributed by atoms with Crippen LogP contribution in [0.3, 0.4) is 0 Å². The average Bonchev–Trinajstić information content (AvgIpc) is 2.16. The molecule has 7 nitrogen and oxygen atoms in total. The van der Waals surface area contributed by atoms with Gasteiger partial charge in [0.2, 0.25) is 11.8 Å². The molecular weight excluding hydrogens is 216 g/mol. The average molecular weight is 228 g/mol. The van der Waals surface area contributed by atoms with E-state index in [1.807, 2.05) is 5.32 Å². The minimum absolute atomic E-state index is 0.0935. The number of nitrogens with one attached hydrogen (secondary N) is 1. The van der Waals surface area contributed by atoms with Crippen LogP contribution in [-0.2, 0) is 14.4 Å². The number of carbonyl (C=O) groups is 4. The molecule has 0 saturated carbocycles. The molecule has 1 heterocycles. The first-order valence-corrected chi connectivity index (χ1v) is 4.85. The molecule has 0 aromatic rings.